The molecule has 1 aromatic rings. The molecular weight excluding hydrogens is 186 g/mol. The highest BCUT2D eigenvalue weighted by molar-refractivity contribution is 7.15. The Morgan fingerprint density at radius 1 is 1.69 bits per heavy atom. The van der Waals surface area contributed by atoms with Crippen LogP contribution in [0.15, 0.2) is 6.20 Å². The van der Waals surface area contributed by atoms with Crippen LogP contribution in [0.5, 0.6) is 0 Å². The quantitative estimate of drug-likeness (QED) is 0.612. The van der Waals surface area contributed by atoms with E-state index in [9.17, 15) is 5.11 Å². The molecule has 0 spiro atoms. The molecule has 0 aliphatic heterocycles. The van der Waals surface area contributed by atoms with Crippen molar-refractivity contribution in [2.45, 2.75) is 30.9 Å². The zero-order valence-corrected chi connectivity index (χ0v) is 8.05. The van der Waals surface area contributed by atoms with E-state index in [4.69, 9.17) is 11.5 Å². The first kappa shape index (κ1) is 8.93. The number of rotatable bonds is 1. The Hall–Kier alpha value is -0.650. The van der Waals surface area contributed by atoms with E-state index in [1.54, 1.807) is 6.20 Å². The summed E-state index contributed by atoms with van der Waals surface area (Å²) >= 11 is 1.35. The molecule has 0 amide bonds. The Kier molecular flexibility index (Phi) is 2.02. The SMILES string of the molecule is Nc1ncc(C2(O)CCC(N)C2)s1. The lowest BCUT2D eigenvalue weighted by Gasteiger charge is -2.19. The van der Waals surface area contributed by atoms with Crippen LogP contribution in [0.25, 0.3) is 0 Å². The molecule has 1 heterocycles. The predicted octanol–water partition coefficient (Wildman–Crippen LogP) is 0.424. The summed E-state index contributed by atoms with van der Waals surface area (Å²) in [4.78, 5) is 4.77. The van der Waals surface area contributed by atoms with E-state index in [1.165, 1.54) is 11.3 Å². The predicted molar refractivity (Wildman–Crippen MR) is 52.2 cm³/mol. The fourth-order valence-corrected chi connectivity index (χ4v) is 2.60. The smallest absolute Gasteiger partial charge is 0.180 e. The van der Waals surface area contributed by atoms with Gasteiger partial charge in [0, 0.05) is 12.2 Å². The van der Waals surface area contributed by atoms with Gasteiger partial charge in [-0.2, -0.15) is 0 Å². The minimum atomic E-state index is -0.769. The molecule has 1 aliphatic rings. The van der Waals surface area contributed by atoms with Crippen molar-refractivity contribution in [3.8, 4) is 0 Å². The van der Waals surface area contributed by atoms with Crippen molar-refractivity contribution >= 4 is 16.5 Å². The van der Waals surface area contributed by atoms with Crippen LogP contribution in [0.1, 0.15) is 24.1 Å². The normalized spacial score (nSPS) is 33.8. The molecule has 1 aromatic heterocycles. The van der Waals surface area contributed by atoms with E-state index in [-0.39, 0.29) is 6.04 Å². The van der Waals surface area contributed by atoms with Gasteiger partial charge in [0.1, 0.15) is 5.60 Å². The summed E-state index contributed by atoms with van der Waals surface area (Å²) in [7, 11) is 0. The van der Waals surface area contributed by atoms with Gasteiger partial charge in [-0.05, 0) is 19.3 Å². The summed E-state index contributed by atoms with van der Waals surface area (Å²) in [6.45, 7) is 0. The standard InChI is InChI=1S/C8H13N3OS/c9-5-1-2-8(12,3-5)6-4-11-7(10)13-6/h4-5,12H,1-3,9H2,(H2,10,11). The summed E-state index contributed by atoms with van der Waals surface area (Å²) in [6.07, 6.45) is 3.86. The van der Waals surface area contributed by atoms with Crippen molar-refractivity contribution in [1.82, 2.24) is 4.98 Å². The molecule has 0 saturated heterocycles. The first-order chi connectivity index (χ1) is 6.10. The average Bonchev–Trinajstić information content (AvgIpc) is 2.60. The first-order valence-electron chi connectivity index (χ1n) is 4.30. The average molecular weight is 199 g/mol. The molecule has 2 rings (SSSR count). The minimum absolute atomic E-state index is 0.105. The number of aliphatic hydroxyl groups is 1. The number of nitrogens with zero attached hydrogens (tertiary/aromatic N) is 1. The van der Waals surface area contributed by atoms with Gasteiger partial charge in [0.2, 0.25) is 0 Å². The second-order valence-electron chi connectivity index (χ2n) is 3.60. The van der Waals surface area contributed by atoms with Gasteiger partial charge >= 0.3 is 0 Å². The molecule has 2 atom stereocenters. The summed E-state index contributed by atoms with van der Waals surface area (Å²) in [5.41, 5.74) is 10.5. The number of nitrogens with two attached hydrogens (primary N) is 2. The van der Waals surface area contributed by atoms with Gasteiger partial charge in [-0.15, -0.1) is 0 Å². The molecule has 0 bridgehead atoms. The third-order valence-electron chi connectivity index (χ3n) is 2.51. The van der Waals surface area contributed by atoms with Crippen molar-refractivity contribution < 1.29 is 5.11 Å². The molecule has 1 fully saturated rings. The number of aromatic nitrogens is 1. The van der Waals surface area contributed by atoms with E-state index in [0.717, 1.165) is 17.7 Å². The van der Waals surface area contributed by atoms with Crippen molar-refractivity contribution in [3.63, 3.8) is 0 Å². The molecule has 5 N–H and O–H groups in total. The van der Waals surface area contributed by atoms with E-state index in [2.05, 4.69) is 4.98 Å². The maximum atomic E-state index is 10.2. The number of anilines is 1. The highest BCUT2D eigenvalue weighted by Gasteiger charge is 2.38. The summed E-state index contributed by atoms with van der Waals surface area (Å²) < 4.78 is 0. The Balaban J connectivity index is 2.25. The fraction of sp³-hybridized carbons (Fsp3) is 0.625. The third kappa shape index (κ3) is 1.54. The Bertz CT molecular complexity index is 314. The molecule has 1 aliphatic carbocycles. The third-order valence-corrected chi connectivity index (χ3v) is 3.53. The molecule has 72 valence electrons. The van der Waals surface area contributed by atoms with Crippen molar-refractivity contribution in [1.29, 1.82) is 0 Å². The lowest BCUT2D eigenvalue weighted by Crippen LogP contribution is -2.24. The van der Waals surface area contributed by atoms with Gasteiger partial charge < -0.3 is 16.6 Å². The molecule has 0 radical (unpaired) electrons. The van der Waals surface area contributed by atoms with E-state index in [0.29, 0.717) is 11.6 Å². The van der Waals surface area contributed by atoms with Crippen LogP contribution in [-0.4, -0.2) is 16.1 Å². The number of hydrogen-bond acceptors (Lipinski definition) is 5. The van der Waals surface area contributed by atoms with Crippen molar-refractivity contribution in [3.05, 3.63) is 11.1 Å². The van der Waals surface area contributed by atoms with E-state index >= 15 is 0 Å². The van der Waals surface area contributed by atoms with Crippen LogP contribution in [-0.2, 0) is 5.60 Å². The highest BCUT2D eigenvalue weighted by atomic mass is 32.1. The molecule has 0 aromatic carbocycles. The number of thiazole rings is 1. The van der Waals surface area contributed by atoms with Gasteiger partial charge in [-0.25, -0.2) is 4.98 Å². The second-order valence-corrected chi connectivity index (χ2v) is 4.66. The topological polar surface area (TPSA) is 85.2 Å². The van der Waals surface area contributed by atoms with Crippen LogP contribution in [0, 0.1) is 0 Å². The maximum Gasteiger partial charge on any atom is 0.180 e. The summed E-state index contributed by atoms with van der Waals surface area (Å²) in [6, 6.07) is 0.105. The molecule has 4 nitrogen and oxygen atoms in total. The molecule has 13 heavy (non-hydrogen) atoms. The largest absolute Gasteiger partial charge is 0.384 e. The van der Waals surface area contributed by atoms with Crippen molar-refractivity contribution in [2.24, 2.45) is 5.73 Å². The van der Waals surface area contributed by atoms with Crippen LogP contribution < -0.4 is 11.5 Å². The van der Waals surface area contributed by atoms with Gasteiger partial charge in [0.15, 0.2) is 5.13 Å². The van der Waals surface area contributed by atoms with E-state index < -0.39 is 5.60 Å². The zero-order chi connectivity index (χ0) is 9.47. The first-order valence-corrected chi connectivity index (χ1v) is 5.11. The maximum absolute atomic E-state index is 10.2. The fourth-order valence-electron chi connectivity index (χ4n) is 1.79. The number of hydrogen-bond donors (Lipinski definition) is 3. The number of nitrogen functional groups attached to an aromatic ring is 1. The molecule has 2 unspecified atom stereocenters. The second kappa shape index (κ2) is 2.94. The zero-order valence-electron chi connectivity index (χ0n) is 7.23. The molecule has 5 heteroatoms. The van der Waals surface area contributed by atoms with Crippen LogP contribution in [0.3, 0.4) is 0 Å². The summed E-state index contributed by atoms with van der Waals surface area (Å²) in [5.74, 6) is 0. The minimum Gasteiger partial charge on any atom is -0.384 e. The lowest BCUT2D eigenvalue weighted by molar-refractivity contribution is 0.0467. The monoisotopic (exact) mass is 199 g/mol. The van der Waals surface area contributed by atoms with Crippen LogP contribution >= 0.6 is 11.3 Å². The summed E-state index contributed by atoms with van der Waals surface area (Å²) in [5, 5.41) is 10.7. The van der Waals surface area contributed by atoms with Crippen molar-refractivity contribution in [2.75, 3.05) is 5.73 Å². The Morgan fingerprint density at radius 3 is 2.92 bits per heavy atom. The molecule has 1 saturated carbocycles. The molecular formula is C8H13N3OS. The van der Waals surface area contributed by atoms with Gasteiger partial charge in [0.25, 0.3) is 0 Å². The van der Waals surface area contributed by atoms with Crippen LogP contribution in [0.4, 0.5) is 5.13 Å². The lowest BCUT2D eigenvalue weighted by atomic mass is 10.0. The Labute approximate surface area is 80.6 Å². The van der Waals surface area contributed by atoms with Gasteiger partial charge in [-0.1, -0.05) is 11.3 Å². The van der Waals surface area contributed by atoms with Gasteiger partial charge in [-0.3, -0.25) is 0 Å². The van der Waals surface area contributed by atoms with Crippen LogP contribution in [0.2, 0.25) is 0 Å². The highest BCUT2D eigenvalue weighted by Crippen LogP contribution is 2.40. The van der Waals surface area contributed by atoms with Gasteiger partial charge in [0.05, 0.1) is 4.88 Å². The van der Waals surface area contributed by atoms with E-state index in [1.807, 2.05) is 0 Å². The Morgan fingerprint density at radius 2 is 2.46 bits per heavy atom.